The first-order valence-corrected chi connectivity index (χ1v) is 0. The van der Waals surface area contributed by atoms with E-state index in [1.807, 2.05) is 0 Å². The second-order valence-corrected chi connectivity index (χ2v) is 0. The summed E-state index contributed by atoms with van der Waals surface area (Å²) in [4.78, 5) is 0. The minimum Gasteiger partial charge on any atom is -0.358 e. The molecule has 0 rings (SSSR count). The minimum absolute atomic E-state index is 0. The summed E-state index contributed by atoms with van der Waals surface area (Å²) in [7, 11) is 0. The van der Waals surface area contributed by atoms with E-state index >= 15 is 0 Å². The van der Waals surface area contributed by atoms with E-state index in [9.17, 15) is 0 Å². The molecule has 6 heavy (non-hydrogen) atoms. The molecule has 44 valence electrons. The Balaban J connectivity index is 0. The van der Waals surface area contributed by atoms with Gasteiger partial charge in [0.25, 0.3) is 0 Å². The van der Waals surface area contributed by atoms with Crippen LogP contribution in [0, 0.1) is 29.7 Å². The van der Waals surface area contributed by atoms with Gasteiger partial charge < -0.3 is 29.7 Å². The summed E-state index contributed by atoms with van der Waals surface area (Å²) in [6.07, 6.45) is 0. The standard InChI is InChI=1S/4CH3.2W/h4*1H3;;/q4*-1;;. The zero-order valence-electron chi connectivity index (χ0n) is 4.82. The molecule has 0 unspecified atom stereocenters. The van der Waals surface area contributed by atoms with Crippen molar-refractivity contribution in [1.29, 1.82) is 0 Å². The second-order valence-electron chi connectivity index (χ2n) is 0. The third-order valence-electron chi connectivity index (χ3n) is 0. The second kappa shape index (κ2) is 97.3. The average molecular weight is 428 g/mol. The van der Waals surface area contributed by atoms with Crippen LogP contribution in [0.2, 0.25) is 0 Å². The predicted molar refractivity (Wildman–Crippen MR) is 25.7 cm³/mol. The van der Waals surface area contributed by atoms with E-state index in [1.54, 1.807) is 0 Å². The summed E-state index contributed by atoms with van der Waals surface area (Å²) in [6, 6.07) is 0. The Hall–Kier alpha value is 1.38. The van der Waals surface area contributed by atoms with Crippen molar-refractivity contribution in [3.05, 3.63) is 29.7 Å². The normalized spacial score (nSPS) is 0. The van der Waals surface area contributed by atoms with Crippen molar-refractivity contribution in [2.24, 2.45) is 0 Å². The average Bonchev–Trinajstić information content (AvgIpc) is 0. The zero-order valence-corrected chi connectivity index (χ0v) is 10.7. The molecule has 0 nitrogen and oxygen atoms in total. The van der Waals surface area contributed by atoms with Crippen LogP contribution in [0.3, 0.4) is 0 Å². The molecule has 0 heterocycles. The van der Waals surface area contributed by atoms with Crippen molar-refractivity contribution < 1.29 is 42.1 Å². The third-order valence-corrected chi connectivity index (χ3v) is 0. The molecule has 0 amide bonds. The van der Waals surface area contributed by atoms with Crippen LogP contribution in [-0.2, 0) is 42.1 Å². The van der Waals surface area contributed by atoms with E-state index in [1.165, 1.54) is 0 Å². The van der Waals surface area contributed by atoms with E-state index in [0.717, 1.165) is 0 Å². The predicted octanol–water partition coefficient (Wildman–Crippen LogP) is 1.80. The maximum atomic E-state index is 0. The quantitative estimate of drug-likeness (QED) is 0.517. The molecule has 0 aliphatic heterocycles. The van der Waals surface area contributed by atoms with Gasteiger partial charge in [0.05, 0.1) is 0 Å². The van der Waals surface area contributed by atoms with Crippen LogP contribution in [-0.4, -0.2) is 0 Å². The van der Waals surface area contributed by atoms with Gasteiger partial charge >= 0.3 is 0 Å². The summed E-state index contributed by atoms with van der Waals surface area (Å²) in [5.41, 5.74) is 0. The van der Waals surface area contributed by atoms with Gasteiger partial charge in [-0.15, -0.1) is 0 Å². The fraction of sp³-hybridized carbons (Fsp3) is 0. The molecule has 0 bridgehead atoms. The summed E-state index contributed by atoms with van der Waals surface area (Å²) in [5.74, 6) is 0. The van der Waals surface area contributed by atoms with Crippen molar-refractivity contribution in [3.8, 4) is 0 Å². The molecule has 0 radical (unpaired) electrons. The van der Waals surface area contributed by atoms with E-state index in [4.69, 9.17) is 0 Å². The number of hydrogen-bond donors (Lipinski definition) is 0. The monoisotopic (exact) mass is 428 g/mol. The van der Waals surface area contributed by atoms with Crippen molar-refractivity contribution in [2.75, 3.05) is 0 Å². The molecule has 0 fully saturated rings. The van der Waals surface area contributed by atoms with E-state index in [-0.39, 0.29) is 71.8 Å². The Labute approximate surface area is 71.6 Å². The fourth-order valence-electron chi connectivity index (χ4n) is 0. The summed E-state index contributed by atoms with van der Waals surface area (Å²) in [6.45, 7) is 0. The summed E-state index contributed by atoms with van der Waals surface area (Å²) >= 11 is 0. The number of hydrogen-bond acceptors (Lipinski definition) is 0. The van der Waals surface area contributed by atoms with Crippen LogP contribution >= 0.6 is 0 Å². The van der Waals surface area contributed by atoms with Crippen LogP contribution in [0.4, 0.5) is 0 Å². The molecule has 0 aromatic carbocycles. The Morgan fingerprint density at radius 3 is 0.333 bits per heavy atom. The van der Waals surface area contributed by atoms with Crippen molar-refractivity contribution in [3.63, 3.8) is 0 Å². The molecule has 0 N–H and O–H groups in total. The van der Waals surface area contributed by atoms with Crippen LogP contribution in [0.5, 0.6) is 0 Å². The first-order valence-electron chi connectivity index (χ1n) is 0. The topological polar surface area (TPSA) is 0 Å². The fourth-order valence-corrected chi connectivity index (χ4v) is 0. The third kappa shape index (κ3) is 54.3. The van der Waals surface area contributed by atoms with Crippen molar-refractivity contribution >= 4 is 0 Å². The van der Waals surface area contributed by atoms with Gasteiger partial charge in [0.2, 0.25) is 0 Å². The zero-order chi connectivity index (χ0) is 0. The van der Waals surface area contributed by atoms with E-state index < -0.39 is 0 Å². The summed E-state index contributed by atoms with van der Waals surface area (Å²) < 4.78 is 0. The van der Waals surface area contributed by atoms with Crippen LogP contribution < -0.4 is 0 Å². The number of rotatable bonds is 0. The molecule has 0 aliphatic rings. The molecular formula is C4H12W2-4. The van der Waals surface area contributed by atoms with Crippen LogP contribution in [0.1, 0.15) is 0 Å². The van der Waals surface area contributed by atoms with Crippen molar-refractivity contribution in [1.82, 2.24) is 0 Å². The smallest absolute Gasteiger partial charge is 0 e. The van der Waals surface area contributed by atoms with Gasteiger partial charge in [0, 0.05) is 42.1 Å². The first kappa shape index (κ1) is 158. The van der Waals surface area contributed by atoms with Gasteiger partial charge in [-0.05, 0) is 0 Å². The minimum atomic E-state index is 0. The van der Waals surface area contributed by atoms with Crippen LogP contribution in [0.25, 0.3) is 0 Å². The Bertz CT molecular complexity index is 5.51. The first-order chi connectivity index (χ1) is 0. The van der Waals surface area contributed by atoms with Gasteiger partial charge in [-0.1, -0.05) is 0 Å². The van der Waals surface area contributed by atoms with Crippen LogP contribution in [0.15, 0.2) is 0 Å². The van der Waals surface area contributed by atoms with E-state index in [0.29, 0.717) is 0 Å². The molecule has 0 saturated carbocycles. The van der Waals surface area contributed by atoms with Gasteiger partial charge in [-0.25, -0.2) is 0 Å². The Kier molecular flexibility index (Phi) is 2570. The van der Waals surface area contributed by atoms with Gasteiger partial charge in [0.1, 0.15) is 0 Å². The van der Waals surface area contributed by atoms with E-state index in [2.05, 4.69) is 0 Å². The Morgan fingerprint density at radius 1 is 0.333 bits per heavy atom. The maximum Gasteiger partial charge on any atom is 0 e. The van der Waals surface area contributed by atoms with Gasteiger partial charge in [-0.2, -0.15) is 0 Å². The van der Waals surface area contributed by atoms with Crippen molar-refractivity contribution in [2.45, 2.75) is 0 Å². The molecule has 0 spiro atoms. The molecule has 0 aromatic rings. The van der Waals surface area contributed by atoms with Gasteiger partial charge in [0.15, 0.2) is 0 Å². The molecule has 0 aromatic heterocycles. The summed E-state index contributed by atoms with van der Waals surface area (Å²) in [5, 5.41) is 0. The molecule has 0 aliphatic carbocycles. The maximum absolute atomic E-state index is 0. The Morgan fingerprint density at radius 2 is 0.333 bits per heavy atom. The molecule has 2 heteroatoms. The molecular weight excluding hydrogens is 416 g/mol. The SMILES string of the molecule is [CH3-].[CH3-].[CH3-].[CH3-].[W].[W]. The molecule has 0 saturated heterocycles. The van der Waals surface area contributed by atoms with Gasteiger partial charge in [-0.3, -0.25) is 0 Å². The largest absolute Gasteiger partial charge is 0.358 e. The molecule has 0 atom stereocenters.